The van der Waals surface area contributed by atoms with Crippen LogP contribution in [0.5, 0.6) is 0 Å². The summed E-state index contributed by atoms with van der Waals surface area (Å²) in [7, 11) is 0. The molecule has 1 aromatic rings. The molecule has 4 heteroatoms. The molecule has 1 aliphatic carbocycles. The number of rotatable bonds is 4. The highest BCUT2D eigenvalue weighted by atomic mass is 32.2. The predicted octanol–water partition coefficient (Wildman–Crippen LogP) is 2.90. The van der Waals surface area contributed by atoms with Crippen LogP contribution < -0.4 is 0 Å². The van der Waals surface area contributed by atoms with E-state index in [0.717, 1.165) is 28.0 Å². The van der Waals surface area contributed by atoms with Crippen LogP contribution >= 0.6 is 24.4 Å². The van der Waals surface area contributed by atoms with Gasteiger partial charge < -0.3 is 0 Å². The Kier molecular flexibility index (Phi) is 3.26. The fraction of sp³-hybridized carbons (Fsp3) is 0.636. The topological polar surface area (TPSA) is 25.8 Å². The molecule has 0 unspecified atom stereocenters. The number of thiol groups is 1. The van der Waals surface area contributed by atoms with E-state index in [1.807, 2.05) is 19.9 Å². The van der Waals surface area contributed by atoms with Crippen molar-refractivity contribution in [3.8, 4) is 0 Å². The number of nitrogens with zero attached hydrogens (tertiary/aromatic N) is 2. The van der Waals surface area contributed by atoms with Gasteiger partial charge in [0.1, 0.15) is 0 Å². The lowest BCUT2D eigenvalue weighted by atomic mass is 10.2. The van der Waals surface area contributed by atoms with Crippen LogP contribution in [-0.2, 0) is 0 Å². The van der Waals surface area contributed by atoms with E-state index in [4.69, 9.17) is 0 Å². The van der Waals surface area contributed by atoms with Crippen molar-refractivity contribution in [2.24, 2.45) is 5.41 Å². The molecule has 0 aliphatic heterocycles. The SMILES string of the molecule is Cc1cc(C)nc(SCC2(CS)CC2)n1. The monoisotopic (exact) mass is 240 g/mol. The van der Waals surface area contributed by atoms with E-state index >= 15 is 0 Å². The summed E-state index contributed by atoms with van der Waals surface area (Å²) in [5.41, 5.74) is 2.59. The maximum atomic E-state index is 4.43. The Balaban J connectivity index is 1.99. The molecule has 0 N–H and O–H groups in total. The Morgan fingerprint density at radius 1 is 1.33 bits per heavy atom. The van der Waals surface area contributed by atoms with Crippen molar-refractivity contribution in [1.29, 1.82) is 0 Å². The minimum Gasteiger partial charge on any atom is -0.228 e. The quantitative estimate of drug-likeness (QED) is 0.498. The Hall–Kier alpha value is -0.220. The first kappa shape index (κ1) is 11.3. The van der Waals surface area contributed by atoms with Gasteiger partial charge in [-0.3, -0.25) is 0 Å². The predicted molar refractivity (Wildman–Crippen MR) is 67.8 cm³/mol. The molecule has 0 bridgehead atoms. The Bertz CT molecular complexity index is 341. The lowest BCUT2D eigenvalue weighted by Gasteiger charge is -2.10. The van der Waals surface area contributed by atoms with E-state index in [1.165, 1.54) is 12.8 Å². The molecule has 0 aromatic carbocycles. The molecule has 0 radical (unpaired) electrons. The van der Waals surface area contributed by atoms with Gasteiger partial charge in [0.25, 0.3) is 0 Å². The summed E-state index contributed by atoms with van der Waals surface area (Å²) >= 11 is 6.17. The molecule has 1 saturated carbocycles. The summed E-state index contributed by atoms with van der Waals surface area (Å²) in [4.78, 5) is 8.85. The van der Waals surface area contributed by atoms with Crippen LogP contribution in [0.4, 0.5) is 0 Å². The smallest absolute Gasteiger partial charge is 0.187 e. The first-order chi connectivity index (χ1) is 7.13. The summed E-state index contributed by atoms with van der Waals surface area (Å²) < 4.78 is 0. The highest BCUT2D eigenvalue weighted by Crippen LogP contribution is 2.49. The van der Waals surface area contributed by atoms with E-state index in [-0.39, 0.29) is 0 Å². The van der Waals surface area contributed by atoms with E-state index < -0.39 is 0 Å². The number of hydrogen-bond acceptors (Lipinski definition) is 4. The molecular formula is C11H16N2S2. The molecule has 2 rings (SSSR count). The second kappa shape index (κ2) is 4.34. The van der Waals surface area contributed by atoms with Crippen LogP contribution in [0.1, 0.15) is 24.2 Å². The molecule has 0 spiro atoms. The average molecular weight is 240 g/mol. The van der Waals surface area contributed by atoms with Crippen LogP contribution in [0, 0.1) is 19.3 Å². The second-order valence-electron chi connectivity index (χ2n) is 4.38. The highest BCUT2D eigenvalue weighted by molar-refractivity contribution is 7.99. The van der Waals surface area contributed by atoms with Gasteiger partial charge in [-0.2, -0.15) is 12.6 Å². The molecule has 1 aromatic heterocycles. The molecular weight excluding hydrogens is 224 g/mol. The Labute approximate surface area is 101 Å². The third-order valence-electron chi connectivity index (χ3n) is 2.76. The summed E-state index contributed by atoms with van der Waals surface area (Å²) in [5.74, 6) is 2.10. The maximum Gasteiger partial charge on any atom is 0.187 e. The molecule has 0 amide bonds. The fourth-order valence-corrected chi connectivity index (χ4v) is 3.32. The Morgan fingerprint density at radius 3 is 2.40 bits per heavy atom. The zero-order valence-corrected chi connectivity index (χ0v) is 10.9. The molecule has 82 valence electrons. The van der Waals surface area contributed by atoms with Gasteiger partial charge in [0.05, 0.1) is 0 Å². The van der Waals surface area contributed by atoms with Gasteiger partial charge in [0.15, 0.2) is 5.16 Å². The van der Waals surface area contributed by atoms with Gasteiger partial charge in [-0.15, -0.1) is 0 Å². The van der Waals surface area contributed by atoms with Crippen LogP contribution in [0.25, 0.3) is 0 Å². The van der Waals surface area contributed by atoms with Crippen LogP contribution in [0.3, 0.4) is 0 Å². The van der Waals surface area contributed by atoms with Crippen LogP contribution in [0.15, 0.2) is 11.2 Å². The summed E-state index contributed by atoms with van der Waals surface area (Å²) in [6.45, 7) is 4.04. The van der Waals surface area contributed by atoms with Gasteiger partial charge in [-0.1, -0.05) is 11.8 Å². The number of hydrogen-bond donors (Lipinski definition) is 1. The second-order valence-corrected chi connectivity index (χ2v) is 5.64. The van der Waals surface area contributed by atoms with Gasteiger partial charge in [0, 0.05) is 17.1 Å². The first-order valence-electron chi connectivity index (χ1n) is 5.20. The van der Waals surface area contributed by atoms with Gasteiger partial charge in [0.2, 0.25) is 0 Å². The first-order valence-corrected chi connectivity index (χ1v) is 6.81. The largest absolute Gasteiger partial charge is 0.228 e. The summed E-state index contributed by atoms with van der Waals surface area (Å²) in [6.07, 6.45) is 2.63. The molecule has 1 fully saturated rings. The van der Waals surface area contributed by atoms with Gasteiger partial charge >= 0.3 is 0 Å². The minimum atomic E-state index is 0.481. The zero-order valence-electron chi connectivity index (χ0n) is 9.16. The molecule has 0 atom stereocenters. The third kappa shape index (κ3) is 2.88. The number of thioether (sulfide) groups is 1. The highest BCUT2D eigenvalue weighted by Gasteiger charge is 2.41. The van der Waals surface area contributed by atoms with E-state index in [1.54, 1.807) is 11.8 Å². The van der Waals surface area contributed by atoms with Gasteiger partial charge in [-0.05, 0) is 43.9 Å². The summed E-state index contributed by atoms with van der Waals surface area (Å²) in [5, 5.41) is 0.917. The lowest BCUT2D eigenvalue weighted by molar-refractivity contribution is 0.681. The third-order valence-corrected chi connectivity index (χ3v) is 4.63. The molecule has 1 aliphatic rings. The van der Waals surface area contributed by atoms with Crippen molar-refractivity contribution in [2.45, 2.75) is 31.8 Å². The van der Waals surface area contributed by atoms with Crippen molar-refractivity contribution in [3.05, 3.63) is 17.5 Å². The van der Waals surface area contributed by atoms with Crippen molar-refractivity contribution in [1.82, 2.24) is 9.97 Å². The number of aryl methyl sites for hydroxylation is 2. The number of aromatic nitrogens is 2. The molecule has 15 heavy (non-hydrogen) atoms. The van der Waals surface area contributed by atoms with E-state index in [9.17, 15) is 0 Å². The van der Waals surface area contributed by atoms with Crippen LogP contribution in [0.2, 0.25) is 0 Å². The van der Waals surface area contributed by atoms with Crippen LogP contribution in [-0.4, -0.2) is 21.5 Å². The summed E-state index contributed by atoms with van der Waals surface area (Å²) in [6, 6.07) is 2.01. The maximum absolute atomic E-state index is 4.43. The lowest BCUT2D eigenvalue weighted by Crippen LogP contribution is -2.06. The van der Waals surface area contributed by atoms with Crippen molar-refractivity contribution in [2.75, 3.05) is 11.5 Å². The van der Waals surface area contributed by atoms with E-state index in [0.29, 0.717) is 5.41 Å². The van der Waals surface area contributed by atoms with Crippen molar-refractivity contribution < 1.29 is 0 Å². The van der Waals surface area contributed by atoms with E-state index in [2.05, 4.69) is 22.6 Å². The minimum absolute atomic E-state index is 0.481. The fourth-order valence-electron chi connectivity index (χ4n) is 1.50. The molecule has 2 nitrogen and oxygen atoms in total. The zero-order chi connectivity index (χ0) is 10.9. The Morgan fingerprint density at radius 2 is 1.93 bits per heavy atom. The molecule has 1 heterocycles. The standard InChI is InChI=1S/C11H16N2S2/c1-8-5-9(2)13-10(12-8)15-7-11(6-14)3-4-11/h5,14H,3-4,6-7H2,1-2H3. The van der Waals surface area contributed by atoms with Crippen molar-refractivity contribution in [3.63, 3.8) is 0 Å². The van der Waals surface area contributed by atoms with Crippen molar-refractivity contribution >= 4 is 24.4 Å². The average Bonchev–Trinajstić information content (AvgIpc) is 2.94. The normalized spacial score (nSPS) is 17.8. The molecule has 0 saturated heterocycles. The van der Waals surface area contributed by atoms with Gasteiger partial charge in [-0.25, -0.2) is 9.97 Å².